The van der Waals surface area contributed by atoms with E-state index in [0.717, 1.165) is 12.1 Å². The molecule has 3 rings (SSSR count). The van der Waals surface area contributed by atoms with Crippen molar-refractivity contribution in [1.29, 1.82) is 0 Å². The molecule has 0 aromatic heterocycles. The van der Waals surface area contributed by atoms with Crippen molar-refractivity contribution in [3.05, 3.63) is 63.9 Å². The van der Waals surface area contributed by atoms with E-state index in [1.54, 1.807) is 23.1 Å². The van der Waals surface area contributed by atoms with Gasteiger partial charge in [0.1, 0.15) is 5.82 Å². The van der Waals surface area contributed by atoms with Crippen molar-refractivity contribution in [2.75, 3.05) is 26.2 Å². The summed E-state index contributed by atoms with van der Waals surface area (Å²) < 4.78 is 40.0. The molecule has 9 heteroatoms. The van der Waals surface area contributed by atoms with Crippen LogP contribution >= 0.6 is 23.2 Å². The smallest absolute Gasteiger partial charge is 0.243 e. The van der Waals surface area contributed by atoms with E-state index >= 15 is 0 Å². The van der Waals surface area contributed by atoms with E-state index in [-0.39, 0.29) is 36.9 Å². The number of halogens is 3. The van der Waals surface area contributed by atoms with Gasteiger partial charge >= 0.3 is 0 Å². The summed E-state index contributed by atoms with van der Waals surface area (Å²) in [7, 11) is -3.74. The maximum absolute atomic E-state index is 13.1. The Morgan fingerprint density at radius 1 is 0.964 bits per heavy atom. The lowest BCUT2D eigenvalue weighted by molar-refractivity contribution is -0.130. The standard InChI is InChI=1S/C19H19Cl2FN2O3S/c20-17-3-1-4-18(21)16(17)13-19(25)23-9-2-10-24(12-11-23)28(26,27)15-7-5-14(22)6-8-15/h1,3-8H,2,9-13H2. The molecule has 0 N–H and O–H groups in total. The van der Waals surface area contributed by atoms with E-state index in [0.29, 0.717) is 28.6 Å². The van der Waals surface area contributed by atoms with E-state index < -0.39 is 15.8 Å². The zero-order chi connectivity index (χ0) is 20.3. The van der Waals surface area contributed by atoms with Gasteiger partial charge < -0.3 is 4.90 Å². The molecule has 0 bridgehead atoms. The Bertz CT molecular complexity index is 947. The molecule has 28 heavy (non-hydrogen) atoms. The maximum atomic E-state index is 13.1. The molecule has 1 aliphatic rings. The summed E-state index contributed by atoms with van der Waals surface area (Å²) in [5.74, 6) is -0.652. The lowest BCUT2D eigenvalue weighted by Gasteiger charge is -2.22. The highest BCUT2D eigenvalue weighted by Gasteiger charge is 2.28. The summed E-state index contributed by atoms with van der Waals surface area (Å²) in [6.07, 6.45) is 0.561. The van der Waals surface area contributed by atoms with Gasteiger partial charge in [0.2, 0.25) is 15.9 Å². The van der Waals surface area contributed by atoms with Crippen molar-refractivity contribution in [3.63, 3.8) is 0 Å². The molecule has 1 fully saturated rings. The first kappa shape index (κ1) is 21.0. The van der Waals surface area contributed by atoms with Gasteiger partial charge in [-0.25, -0.2) is 12.8 Å². The number of hydrogen-bond acceptors (Lipinski definition) is 3. The van der Waals surface area contributed by atoms with Crippen LogP contribution in [-0.4, -0.2) is 49.7 Å². The molecule has 0 unspecified atom stereocenters. The number of hydrogen-bond donors (Lipinski definition) is 0. The van der Waals surface area contributed by atoms with E-state index in [1.165, 1.54) is 16.4 Å². The van der Waals surface area contributed by atoms with E-state index in [1.807, 2.05) is 0 Å². The topological polar surface area (TPSA) is 57.7 Å². The second kappa shape index (κ2) is 8.78. The minimum atomic E-state index is -3.74. The third kappa shape index (κ3) is 4.66. The van der Waals surface area contributed by atoms with Crippen LogP contribution in [-0.2, 0) is 21.2 Å². The van der Waals surface area contributed by atoms with Crippen molar-refractivity contribution in [2.24, 2.45) is 0 Å². The van der Waals surface area contributed by atoms with Crippen LogP contribution in [0.15, 0.2) is 47.4 Å². The zero-order valence-electron chi connectivity index (χ0n) is 14.9. The Labute approximate surface area is 173 Å². The van der Waals surface area contributed by atoms with Crippen LogP contribution in [0.3, 0.4) is 0 Å². The minimum absolute atomic E-state index is 0.0384. The molecule has 0 aliphatic carbocycles. The molecule has 5 nitrogen and oxygen atoms in total. The summed E-state index contributed by atoms with van der Waals surface area (Å²) >= 11 is 12.3. The minimum Gasteiger partial charge on any atom is -0.341 e. The molecule has 1 saturated heterocycles. The normalized spacial score (nSPS) is 16.0. The summed E-state index contributed by atoms with van der Waals surface area (Å²) in [5.41, 5.74) is 0.566. The van der Waals surface area contributed by atoms with Crippen molar-refractivity contribution in [3.8, 4) is 0 Å². The van der Waals surface area contributed by atoms with Crippen LogP contribution in [0.2, 0.25) is 10.0 Å². The summed E-state index contributed by atoms with van der Waals surface area (Å²) in [6.45, 7) is 1.16. The predicted molar refractivity (Wildman–Crippen MR) is 107 cm³/mol. The second-order valence-electron chi connectivity index (χ2n) is 6.47. The van der Waals surface area contributed by atoms with E-state index in [4.69, 9.17) is 23.2 Å². The first-order chi connectivity index (χ1) is 13.3. The van der Waals surface area contributed by atoms with Gasteiger partial charge in [-0.1, -0.05) is 29.3 Å². The van der Waals surface area contributed by atoms with Crippen molar-refractivity contribution < 1.29 is 17.6 Å². The molecule has 2 aromatic rings. The summed E-state index contributed by atoms with van der Waals surface area (Å²) in [6, 6.07) is 9.80. The van der Waals surface area contributed by atoms with Crippen LogP contribution in [0.25, 0.3) is 0 Å². The first-order valence-electron chi connectivity index (χ1n) is 8.75. The number of sulfonamides is 1. The number of benzene rings is 2. The predicted octanol–water partition coefficient (Wildman–Crippen LogP) is 3.60. The second-order valence-corrected chi connectivity index (χ2v) is 9.22. The van der Waals surface area contributed by atoms with Crippen molar-refractivity contribution in [1.82, 2.24) is 9.21 Å². The molecule has 0 spiro atoms. The molecule has 150 valence electrons. The molecule has 0 saturated carbocycles. The number of carbonyl (C=O) groups excluding carboxylic acids is 1. The van der Waals surface area contributed by atoms with Crippen LogP contribution in [0.5, 0.6) is 0 Å². The lowest BCUT2D eigenvalue weighted by Crippen LogP contribution is -2.38. The van der Waals surface area contributed by atoms with E-state index in [9.17, 15) is 17.6 Å². The van der Waals surface area contributed by atoms with Crippen molar-refractivity contribution >= 4 is 39.1 Å². The van der Waals surface area contributed by atoms with Crippen LogP contribution in [0.4, 0.5) is 4.39 Å². The van der Waals surface area contributed by atoms with Crippen molar-refractivity contribution in [2.45, 2.75) is 17.7 Å². The van der Waals surface area contributed by atoms with Crippen LogP contribution < -0.4 is 0 Å². The summed E-state index contributed by atoms with van der Waals surface area (Å²) in [4.78, 5) is 14.4. The van der Waals surface area contributed by atoms with Gasteiger partial charge in [0.05, 0.1) is 11.3 Å². The first-order valence-corrected chi connectivity index (χ1v) is 10.9. The number of nitrogens with zero attached hydrogens (tertiary/aromatic N) is 2. The van der Waals surface area contributed by atoms with Gasteiger partial charge in [0.15, 0.2) is 0 Å². The quantitative estimate of drug-likeness (QED) is 0.723. The molecule has 0 radical (unpaired) electrons. The molecule has 1 amide bonds. The van der Waals surface area contributed by atoms with Gasteiger partial charge in [-0.05, 0) is 48.4 Å². The molecular formula is C19H19Cl2FN2O3S. The largest absolute Gasteiger partial charge is 0.341 e. The zero-order valence-corrected chi connectivity index (χ0v) is 17.3. The monoisotopic (exact) mass is 444 g/mol. The van der Waals surface area contributed by atoms with Gasteiger partial charge in [-0.3, -0.25) is 4.79 Å². The average molecular weight is 445 g/mol. The highest BCUT2D eigenvalue weighted by molar-refractivity contribution is 7.89. The molecule has 2 aromatic carbocycles. The Morgan fingerprint density at radius 2 is 1.61 bits per heavy atom. The van der Waals surface area contributed by atoms with Crippen LogP contribution in [0, 0.1) is 5.82 Å². The van der Waals surface area contributed by atoms with Crippen LogP contribution in [0.1, 0.15) is 12.0 Å². The molecule has 0 atom stereocenters. The fourth-order valence-electron chi connectivity index (χ4n) is 3.10. The Kier molecular flexibility index (Phi) is 6.60. The maximum Gasteiger partial charge on any atom is 0.243 e. The Morgan fingerprint density at radius 3 is 2.25 bits per heavy atom. The van der Waals surface area contributed by atoms with Gasteiger partial charge in [-0.2, -0.15) is 4.31 Å². The lowest BCUT2D eigenvalue weighted by atomic mass is 10.1. The van der Waals surface area contributed by atoms with Gasteiger partial charge in [0, 0.05) is 36.2 Å². The van der Waals surface area contributed by atoms with Gasteiger partial charge in [0.25, 0.3) is 0 Å². The molecular weight excluding hydrogens is 426 g/mol. The third-order valence-electron chi connectivity index (χ3n) is 4.65. The summed E-state index contributed by atoms with van der Waals surface area (Å²) in [5, 5.41) is 0.854. The fraction of sp³-hybridized carbons (Fsp3) is 0.316. The highest BCUT2D eigenvalue weighted by atomic mass is 35.5. The average Bonchev–Trinajstić information content (AvgIpc) is 2.92. The number of rotatable bonds is 4. The molecule has 1 heterocycles. The highest BCUT2D eigenvalue weighted by Crippen LogP contribution is 2.25. The SMILES string of the molecule is O=C(Cc1c(Cl)cccc1Cl)N1CCCN(S(=O)(=O)c2ccc(F)cc2)CC1. The van der Waals surface area contributed by atoms with Gasteiger partial charge in [-0.15, -0.1) is 0 Å². The van der Waals surface area contributed by atoms with E-state index in [2.05, 4.69) is 0 Å². The molecule has 1 aliphatic heterocycles. The Hall–Kier alpha value is -1.67. The third-order valence-corrected chi connectivity index (χ3v) is 7.27. The number of amides is 1. The Balaban J connectivity index is 1.69. The fourth-order valence-corrected chi connectivity index (χ4v) is 5.10. The number of carbonyl (C=O) groups is 1.